The van der Waals surface area contributed by atoms with Crippen LogP contribution in [-0.2, 0) is 0 Å². The van der Waals surface area contributed by atoms with E-state index in [9.17, 15) is 0 Å². The lowest BCUT2D eigenvalue weighted by Gasteiger charge is -2.05. The molecule has 4 heteroatoms. The quantitative estimate of drug-likeness (QED) is 0.805. The highest BCUT2D eigenvalue weighted by Gasteiger charge is 2.39. The van der Waals surface area contributed by atoms with Crippen LogP contribution in [0.25, 0.3) is 0 Å². The van der Waals surface area contributed by atoms with Gasteiger partial charge in [0.2, 0.25) is 0 Å². The molecule has 1 fully saturated rings. The van der Waals surface area contributed by atoms with E-state index in [-0.39, 0.29) is 6.04 Å². The summed E-state index contributed by atoms with van der Waals surface area (Å²) >= 11 is 1.55. The van der Waals surface area contributed by atoms with Gasteiger partial charge in [-0.25, -0.2) is 4.98 Å². The number of ether oxygens (including phenoxy) is 1. The van der Waals surface area contributed by atoms with Crippen molar-refractivity contribution in [1.82, 2.24) is 4.98 Å². The predicted molar refractivity (Wildman–Crippen MR) is 52.9 cm³/mol. The van der Waals surface area contributed by atoms with Gasteiger partial charge in [-0.2, -0.15) is 0 Å². The van der Waals surface area contributed by atoms with Crippen molar-refractivity contribution in [2.75, 3.05) is 7.11 Å². The fraction of sp³-hybridized carbons (Fsp3) is 0.667. The summed E-state index contributed by atoms with van der Waals surface area (Å²) in [6.07, 6.45) is 3.08. The fourth-order valence-electron chi connectivity index (χ4n) is 1.58. The summed E-state index contributed by atoms with van der Waals surface area (Å²) < 4.78 is 5.02. The van der Waals surface area contributed by atoms with Gasteiger partial charge in [0.15, 0.2) is 0 Å². The number of hydrogen-bond acceptors (Lipinski definition) is 4. The third-order valence-electron chi connectivity index (χ3n) is 2.64. The Morgan fingerprint density at radius 2 is 2.46 bits per heavy atom. The van der Waals surface area contributed by atoms with Crippen LogP contribution in [0.2, 0.25) is 0 Å². The minimum absolute atomic E-state index is 0.163. The van der Waals surface area contributed by atoms with Gasteiger partial charge in [0, 0.05) is 17.1 Å². The molecule has 3 atom stereocenters. The van der Waals surface area contributed by atoms with E-state index in [4.69, 9.17) is 10.5 Å². The molecule has 2 rings (SSSR count). The van der Waals surface area contributed by atoms with Gasteiger partial charge in [-0.3, -0.25) is 0 Å². The smallest absolute Gasteiger partial charge is 0.273 e. The van der Waals surface area contributed by atoms with E-state index in [1.54, 1.807) is 18.4 Å². The van der Waals surface area contributed by atoms with Crippen molar-refractivity contribution in [3.8, 4) is 5.19 Å². The van der Waals surface area contributed by atoms with Crippen molar-refractivity contribution in [2.24, 2.45) is 17.6 Å². The SMILES string of the molecule is COc1ncc(C(N)C2CC2C)s1. The van der Waals surface area contributed by atoms with Gasteiger partial charge >= 0.3 is 0 Å². The van der Waals surface area contributed by atoms with Crippen LogP contribution in [0.4, 0.5) is 0 Å². The van der Waals surface area contributed by atoms with E-state index >= 15 is 0 Å². The lowest BCUT2D eigenvalue weighted by atomic mass is 10.1. The average Bonchev–Trinajstić information content (AvgIpc) is 2.70. The Kier molecular flexibility index (Phi) is 2.26. The molecule has 1 aliphatic carbocycles. The zero-order valence-electron chi connectivity index (χ0n) is 7.86. The molecule has 3 nitrogen and oxygen atoms in total. The van der Waals surface area contributed by atoms with Crippen LogP contribution in [-0.4, -0.2) is 12.1 Å². The van der Waals surface area contributed by atoms with Crippen molar-refractivity contribution in [3.63, 3.8) is 0 Å². The maximum absolute atomic E-state index is 6.07. The van der Waals surface area contributed by atoms with Gasteiger partial charge < -0.3 is 10.5 Å². The number of hydrogen-bond donors (Lipinski definition) is 1. The number of nitrogens with zero attached hydrogens (tertiary/aromatic N) is 1. The van der Waals surface area contributed by atoms with Crippen LogP contribution in [0.3, 0.4) is 0 Å². The van der Waals surface area contributed by atoms with Crippen LogP contribution in [0.1, 0.15) is 24.3 Å². The van der Waals surface area contributed by atoms with Crippen molar-refractivity contribution in [3.05, 3.63) is 11.1 Å². The van der Waals surface area contributed by atoms with E-state index in [1.165, 1.54) is 6.42 Å². The first-order valence-electron chi connectivity index (χ1n) is 4.47. The Morgan fingerprint density at radius 1 is 1.77 bits per heavy atom. The van der Waals surface area contributed by atoms with Gasteiger partial charge in [0.05, 0.1) is 7.11 Å². The molecule has 0 bridgehead atoms. The van der Waals surface area contributed by atoms with E-state index < -0.39 is 0 Å². The highest BCUT2D eigenvalue weighted by molar-refractivity contribution is 7.13. The van der Waals surface area contributed by atoms with Crippen molar-refractivity contribution < 1.29 is 4.74 Å². The standard InChI is InChI=1S/C9H14N2OS/c1-5-3-6(5)8(10)7-4-11-9(12-2)13-7/h4-6,8H,3,10H2,1-2H3. The Bertz CT molecular complexity index is 300. The molecule has 3 unspecified atom stereocenters. The zero-order chi connectivity index (χ0) is 9.42. The molecule has 0 aliphatic heterocycles. The molecule has 2 N–H and O–H groups in total. The lowest BCUT2D eigenvalue weighted by Crippen LogP contribution is -2.11. The summed E-state index contributed by atoms with van der Waals surface area (Å²) in [5, 5.41) is 0.707. The van der Waals surface area contributed by atoms with Gasteiger partial charge in [-0.05, 0) is 18.3 Å². The van der Waals surface area contributed by atoms with Crippen LogP contribution in [0.15, 0.2) is 6.20 Å². The Hall–Kier alpha value is -0.610. The summed E-state index contributed by atoms with van der Waals surface area (Å²) in [5.74, 6) is 1.44. The Balaban J connectivity index is 2.07. The van der Waals surface area contributed by atoms with Crippen molar-refractivity contribution in [1.29, 1.82) is 0 Å². The second-order valence-corrected chi connectivity index (χ2v) is 4.66. The van der Waals surface area contributed by atoms with E-state index in [1.807, 2.05) is 6.20 Å². The molecule has 1 aliphatic rings. The van der Waals surface area contributed by atoms with E-state index in [2.05, 4.69) is 11.9 Å². The van der Waals surface area contributed by atoms with Gasteiger partial charge in [0.25, 0.3) is 5.19 Å². The number of rotatable bonds is 3. The zero-order valence-corrected chi connectivity index (χ0v) is 8.67. The molecule has 1 aromatic heterocycles. The maximum atomic E-state index is 6.07. The van der Waals surface area contributed by atoms with Gasteiger partial charge in [-0.1, -0.05) is 18.3 Å². The first-order chi connectivity index (χ1) is 6.22. The molecular formula is C9H14N2OS. The van der Waals surface area contributed by atoms with Crippen LogP contribution in [0, 0.1) is 11.8 Å². The minimum atomic E-state index is 0.163. The van der Waals surface area contributed by atoms with Gasteiger partial charge in [-0.15, -0.1) is 0 Å². The average molecular weight is 198 g/mol. The number of thiazole rings is 1. The maximum Gasteiger partial charge on any atom is 0.273 e. The molecule has 0 radical (unpaired) electrons. The molecule has 0 spiro atoms. The number of methoxy groups -OCH3 is 1. The molecule has 0 amide bonds. The fourth-order valence-corrected chi connectivity index (χ4v) is 2.39. The predicted octanol–water partition coefficient (Wildman–Crippen LogP) is 1.81. The third kappa shape index (κ3) is 1.69. The van der Waals surface area contributed by atoms with Gasteiger partial charge in [0.1, 0.15) is 0 Å². The van der Waals surface area contributed by atoms with Crippen LogP contribution in [0.5, 0.6) is 5.19 Å². The molecule has 13 heavy (non-hydrogen) atoms. The highest BCUT2D eigenvalue weighted by atomic mass is 32.1. The van der Waals surface area contributed by atoms with E-state index in [0.717, 1.165) is 10.8 Å². The Labute approximate surface area is 81.9 Å². The Morgan fingerprint density at radius 3 is 2.92 bits per heavy atom. The molecule has 1 heterocycles. The largest absolute Gasteiger partial charge is 0.473 e. The van der Waals surface area contributed by atoms with Crippen molar-refractivity contribution >= 4 is 11.3 Å². The first-order valence-corrected chi connectivity index (χ1v) is 5.29. The molecular weight excluding hydrogens is 184 g/mol. The van der Waals surface area contributed by atoms with Crippen LogP contribution < -0.4 is 10.5 Å². The summed E-state index contributed by atoms with van der Waals surface area (Å²) in [6, 6.07) is 0.163. The second-order valence-electron chi connectivity index (χ2n) is 3.64. The summed E-state index contributed by atoms with van der Waals surface area (Å²) in [5.41, 5.74) is 6.07. The summed E-state index contributed by atoms with van der Waals surface area (Å²) in [4.78, 5) is 5.25. The normalized spacial score (nSPS) is 28.5. The molecule has 1 aromatic rings. The molecule has 1 saturated carbocycles. The van der Waals surface area contributed by atoms with Crippen LogP contribution >= 0.6 is 11.3 Å². The monoisotopic (exact) mass is 198 g/mol. The first kappa shape index (κ1) is 8.97. The number of aromatic nitrogens is 1. The molecule has 72 valence electrons. The number of nitrogens with two attached hydrogens (primary N) is 1. The molecule has 0 aromatic carbocycles. The highest BCUT2D eigenvalue weighted by Crippen LogP contribution is 2.47. The third-order valence-corrected chi connectivity index (χ3v) is 3.70. The molecule has 0 saturated heterocycles. The van der Waals surface area contributed by atoms with E-state index in [0.29, 0.717) is 11.1 Å². The summed E-state index contributed by atoms with van der Waals surface area (Å²) in [7, 11) is 1.63. The topological polar surface area (TPSA) is 48.1 Å². The summed E-state index contributed by atoms with van der Waals surface area (Å²) in [6.45, 7) is 2.24. The minimum Gasteiger partial charge on any atom is -0.473 e. The lowest BCUT2D eigenvalue weighted by molar-refractivity contribution is 0.412. The van der Waals surface area contributed by atoms with Crippen molar-refractivity contribution in [2.45, 2.75) is 19.4 Å². The second kappa shape index (κ2) is 3.27.